The Labute approximate surface area is 124 Å². The van der Waals surface area contributed by atoms with Gasteiger partial charge in [0.15, 0.2) is 11.7 Å². The molecule has 1 fully saturated rings. The van der Waals surface area contributed by atoms with Gasteiger partial charge in [-0.15, -0.1) is 0 Å². The Morgan fingerprint density at radius 2 is 2.14 bits per heavy atom. The highest BCUT2D eigenvalue weighted by Crippen LogP contribution is 2.23. The fourth-order valence-corrected chi connectivity index (χ4v) is 2.63. The van der Waals surface area contributed by atoms with Crippen LogP contribution in [-0.4, -0.2) is 33.0 Å². The molecule has 6 nitrogen and oxygen atoms in total. The summed E-state index contributed by atoms with van der Waals surface area (Å²) in [5.74, 6) is 3.03. The second-order valence-electron chi connectivity index (χ2n) is 5.55. The van der Waals surface area contributed by atoms with Crippen LogP contribution in [-0.2, 0) is 17.7 Å². The van der Waals surface area contributed by atoms with E-state index in [0.717, 1.165) is 62.1 Å². The summed E-state index contributed by atoms with van der Waals surface area (Å²) in [7, 11) is 0. The Morgan fingerprint density at radius 3 is 2.90 bits per heavy atom. The van der Waals surface area contributed by atoms with Crippen molar-refractivity contribution in [2.45, 2.75) is 52.0 Å². The summed E-state index contributed by atoms with van der Waals surface area (Å²) in [6.45, 7) is 6.31. The first kappa shape index (κ1) is 14.3. The van der Waals surface area contributed by atoms with Crippen LogP contribution in [0.15, 0.2) is 10.7 Å². The lowest BCUT2D eigenvalue weighted by molar-refractivity contribution is 0.0835. The average Bonchev–Trinajstić information content (AvgIpc) is 3.09. The smallest absolute Gasteiger partial charge is 0.194 e. The third-order valence-corrected chi connectivity index (χ3v) is 3.85. The van der Waals surface area contributed by atoms with Gasteiger partial charge in [-0.2, -0.15) is 5.10 Å². The summed E-state index contributed by atoms with van der Waals surface area (Å²) in [6, 6.07) is 0. The number of hydrogen-bond acceptors (Lipinski definition) is 5. The maximum absolute atomic E-state index is 5.79. The number of ether oxygens (including phenoxy) is 1. The highest BCUT2D eigenvalue weighted by molar-refractivity contribution is 5.08. The van der Waals surface area contributed by atoms with Crippen LogP contribution in [0.5, 0.6) is 0 Å². The van der Waals surface area contributed by atoms with Gasteiger partial charge in [-0.1, -0.05) is 6.92 Å². The molecule has 0 aromatic carbocycles. The first-order chi connectivity index (χ1) is 10.3. The molecule has 0 amide bonds. The molecule has 6 heteroatoms. The molecule has 3 heterocycles. The molecule has 1 saturated heterocycles. The molecule has 1 aliphatic heterocycles. The van der Waals surface area contributed by atoms with Gasteiger partial charge >= 0.3 is 0 Å². The number of nitrogens with zero attached hydrogens (tertiary/aromatic N) is 4. The monoisotopic (exact) mass is 290 g/mol. The van der Waals surface area contributed by atoms with Crippen LogP contribution in [0.3, 0.4) is 0 Å². The molecular formula is C15H22N4O2. The highest BCUT2D eigenvalue weighted by Gasteiger charge is 2.20. The highest BCUT2D eigenvalue weighted by atomic mass is 16.5. The third-order valence-electron chi connectivity index (χ3n) is 3.85. The summed E-state index contributed by atoms with van der Waals surface area (Å²) in [5.41, 5.74) is 0.946. The molecule has 0 aliphatic carbocycles. The molecule has 0 spiro atoms. The van der Waals surface area contributed by atoms with Crippen LogP contribution in [0.2, 0.25) is 0 Å². The van der Waals surface area contributed by atoms with Gasteiger partial charge in [0.25, 0.3) is 0 Å². The van der Waals surface area contributed by atoms with E-state index in [1.165, 1.54) is 0 Å². The molecule has 1 aliphatic rings. The maximum Gasteiger partial charge on any atom is 0.194 e. The van der Waals surface area contributed by atoms with E-state index in [1.807, 2.05) is 11.6 Å². The van der Waals surface area contributed by atoms with Crippen LogP contribution < -0.4 is 0 Å². The zero-order chi connectivity index (χ0) is 14.7. The van der Waals surface area contributed by atoms with Gasteiger partial charge in [0.05, 0.1) is 5.69 Å². The Hall–Kier alpha value is -1.69. The summed E-state index contributed by atoms with van der Waals surface area (Å²) < 4.78 is 13.0. The normalized spacial score (nSPS) is 16.5. The van der Waals surface area contributed by atoms with E-state index < -0.39 is 0 Å². The van der Waals surface area contributed by atoms with E-state index in [2.05, 4.69) is 22.0 Å². The minimum atomic E-state index is 0.423. The van der Waals surface area contributed by atoms with Crippen LogP contribution in [0.1, 0.15) is 55.3 Å². The lowest BCUT2D eigenvalue weighted by Gasteiger charge is -2.18. The molecule has 2 aromatic heterocycles. The van der Waals surface area contributed by atoms with Gasteiger partial charge in [0.2, 0.25) is 0 Å². The molecule has 2 aromatic rings. The number of aryl methyl sites for hydroxylation is 2. The number of aromatic nitrogens is 4. The van der Waals surface area contributed by atoms with E-state index in [9.17, 15) is 0 Å². The minimum Gasteiger partial charge on any atom is -0.443 e. The van der Waals surface area contributed by atoms with Gasteiger partial charge in [-0.3, -0.25) is 0 Å². The molecule has 3 rings (SSSR count). The average molecular weight is 290 g/mol. The molecular weight excluding hydrogens is 268 g/mol. The van der Waals surface area contributed by atoms with Gasteiger partial charge in [0, 0.05) is 25.6 Å². The van der Waals surface area contributed by atoms with Crippen molar-refractivity contribution in [1.82, 2.24) is 19.7 Å². The first-order valence-electron chi connectivity index (χ1n) is 7.68. The van der Waals surface area contributed by atoms with Crippen LogP contribution in [0, 0.1) is 6.92 Å². The predicted molar refractivity (Wildman–Crippen MR) is 77.2 cm³/mol. The lowest BCUT2D eigenvalue weighted by Crippen LogP contribution is -2.15. The van der Waals surface area contributed by atoms with Crippen LogP contribution in [0.4, 0.5) is 0 Å². The Morgan fingerprint density at radius 1 is 1.33 bits per heavy atom. The summed E-state index contributed by atoms with van der Waals surface area (Å²) in [4.78, 5) is 8.89. The van der Waals surface area contributed by atoms with Crippen molar-refractivity contribution in [3.63, 3.8) is 0 Å². The van der Waals surface area contributed by atoms with Crippen LogP contribution in [0.25, 0.3) is 0 Å². The fraction of sp³-hybridized carbons (Fsp3) is 0.667. The number of hydrogen-bond donors (Lipinski definition) is 0. The first-order valence-corrected chi connectivity index (χ1v) is 7.68. The zero-order valence-electron chi connectivity index (χ0n) is 12.7. The Balaban J connectivity index is 1.69. The van der Waals surface area contributed by atoms with E-state index in [1.54, 1.807) is 6.33 Å². The molecule has 21 heavy (non-hydrogen) atoms. The van der Waals surface area contributed by atoms with Crippen molar-refractivity contribution in [3.8, 4) is 0 Å². The van der Waals surface area contributed by atoms with Crippen molar-refractivity contribution >= 4 is 0 Å². The largest absolute Gasteiger partial charge is 0.443 e. The van der Waals surface area contributed by atoms with E-state index in [-0.39, 0.29) is 0 Å². The van der Waals surface area contributed by atoms with Crippen molar-refractivity contribution in [3.05, 3.63) is 29.5 Å². The minimum absolute atomic E-state index is 0.423. The van der Waals surface area contributed by atoms with Crippen molar-refractivity contribution < 1.29 is 9.15 Å². The standard InChI is InChI=1S/C15H22N4O2/c1-3-4-14-17-11(2)13(21-14)9-19-10-16-15(18-19)12-5-7-20-8-6-12/h10,12H,3-9H2,1-2H3. The fourth-order valence-electron chi connectivity index (χ4n) is 2.63. The molecule has 0 radical (unpaired) electrons. The van der Waals surface area contributed by atoms with E-state index in [4.69, 9.17) is 9.15 Å². The Bertz CT molecular complexity index is 584. The molecule has 0 saturated carbocycles. The topological polar surface area (TPSA) is 66.0 Å². The quantitative estimate of drug-likeness (QED) is 0.846. The number of rotatable bonds is 5. The Kier molecular flexibility index (Phi) is 4.34. The summed E-state index contributed by atoms with van der Waals surface area (Å²) in [5, 5.41) is 4.59. The van der Waals surface area contributed by atoms with Gasteiger partial charge in [-0.05, 0) is 26.2 Å². The third kappa shape index (κ3) is 3.32. The predicted octanol–water partition coefficient (Wildman–Crippen LogP) is 2.47. The lowest BCUT2D eigenvalue weighted by atomic mass is 10.00. The maximum atomic E-state index is 5.79. The zero-order valence-corrected chi connectivity index (χ0v) is 12.7. The second kappa shape index (κ2) is 6.39. The number of oxazole rings is 1. The molecule has 0 N–H and O–H groups in total. The molecule has 114 valence electrons. The van der Waals surface area contributed by atoms with E-state index >= 15 is 0 Å². The molecule has 0 atom stereocenters. The second-order valence-corrected chi connectivity index (χ2v) is 5.55. The van der Waals surface area contributed by atoms with Crippen molar-refractivity contribution in [1.29, 1.82) is 0 Å². The summed E-state index contributed by atoms with van der Waals surface area (Å²) >= 11 is 0. The van der Waals surface area contributed by atoms with Gasteiger partial charge < -0.3 is 9.15 Å². The SMILES string of the molecule is CCCc1nc(C)c(Cn2cnc(C3CCOCC3)n2)o1. The van der Waals surface area contributed by atoms with Crippen LogP contribution >= 0.6 is 0 Å². The summed E-state index contributed by atoms with van der Waals surface area (Å²) in [6.07, 6.45) is 5.71. The van der Waals surface area contributed by atoms with Gasteiger partial charge in [-0.25, -0.2) is 14.6 Å². The van der Waals surface area contributed by atoms with Crippen molar-refractivity contribution in [2.75, 3.05) is 13.2 Å². The van der Waals surface area contributed by atoms with Gasteiger partial charge in [0.1, 0.15) is 18.6 Å². The van der Waals surface area contributed by atoms with E-state index in [0.29, 0.717) is 12.5 Å². The molecule has 0 bridgehead atoms. The molecule has 0 unspecified atom stereocenters. The van der Waals surface area contributed by atoms with Crippen molar-refractivity contribution in [2.24, 2.45) is 0 Å².